The van der Waals surface area contributed by atoms with Gasteiger partial charge in [-0.25, -0.2) is 4.39 Å². The number of rotatable bonds is 3. The molecule has 3 aromatic rings. The summed E-state index contributed by atoms with van der Waals surface area (Å²) in [6, 6.07) is 9.95. The summed E-state index contributed by atoms with van der Waals surface area (Å²) in [6.07, 6.45) is 3.59. The number of halogens is 1. The predicted octanol–water partition coefficient (Wildman–Crippen LogP) is 4.10. The number of pyridine rings is 1. The van der Waals surface area contributed by atoms with Crippen LogP contribution in [0.25, 0.3) is 10.9 Å². The van der Waals surface area contributed by atoms with Gasteiger partial charge in [0.15, 0.2) is 0 Å². The van der Waals surface area contributed by atoms with Gasteiger partial charge in [0, 0.05) is 54.9 Å². The molecule has 0 spiro atoms. The van der Waals surface area contributed by atoms with Gasteiger partial charge in [0.1, 0.15) is 5.82 Å². The second-order valence-electron chi connectivity index (χ2n) is 7.20. The molecule has 3 nitrogen and oxygen atoms in total. The SMILES string of the molecule is Cc1ccc(F)c2c1c1c(n2CCc2ccccn2)CC(C)N(C)C1. The van der Waals surface area contributed by atoms with Crippen molar-refractivity contribution in [2.45, 2.75) is 45.8 Å². The van der Waals surface area contributed by atoms with Crippen LogP contribution in [0.1, 0.15) is 29.4 Å². The Bertz CT molecular complexity index is 914. The first-order valence-corrected chi connectivity index (χ1v) is 8.95. The molecule has 4 rings (SSSR count). The van der Waals surface area contributed by atoms with Crippen LogP contribution in [0.4, 0.5) is 4.39 Å². The van der Waals surface area contributed by atoms with Crippen molar-refractivity contribution in [1.82, 2.24) is 14.5 Å². The minimum absolute atomic E-state index is 0.119. The van der Waals surface area contributed by atoms with E-state index in [0.29, 0.717) is 6.04 Å². The molecule has 3 heterocycles. The molecule has 0 fully saturated rings. The summed E-state index contributed by atoms with van der Waals surface area (Å²) >= 11 is 0. The fourth-order valence-corrected chi connectivity index (χ4v) is 4.02. The maximum absolute atomic E-state index is 14.8. The molecule has 1 aliphatic heterocycles. The van der Waals surface area contributed by atoms with Gasteiger partial charge in [0.25, 0.3) is 0 Å². The Labute approximate surface area is 148 Å². The van der Waals surface area contributed by atoms with Crippen molar-refractivity contribution in [3.8, 4) is 0 Å². The first-order chi connectivity index (χ1) is 12.1. The van der Waals surface area contributed by atoms with Crippen LogP contribution in [0.15, 0.2) is 36.5 Å². The lowest BCUT2D eigenvalue weighted by atomic mass is 9.98. The van der Waals surface area contributed by atoms with Gasteiger partial charge in [-0.05, 0) is 50.2 Å². The number of benzene rings is 1. The van der Waals surface area contributed by atoms with Gasteiger partial charge in [-0.1, -0.05) is 12.1 Å². The minimum Gasteiger partial charge on any atom is -0.341 e. The summed E-state index contributed by atoms with van der Waals surface area (Å²) in [4.78, 5) is 6.78. The van der Waals surface area contributed by atoms with E-state index >= 15 is 0 Å². The van der Waals surface area contributed by atoms with Crippen molar-refractivity contribution < 1.29 is 4.39 Å². The van der Waals surface area contributed by atoms with Crippen molar-refractivity contribution in [1.29, 1.82) is 0 Å². The van der Waals surface area contributed by atoms with Crippen LogP contribution >= 0.6 is 0 Å². The van der Waals surface area contributed by atoms with E-state index in [0.717, 1.165) is 48.1 Å². The molecular weight excluding hydrogens is 313 g/mol. The van der Waals surface area contributed by atoms with Crippen molar-refractivity contribution in [2.75, 3.05) is 7.05 Å². The number of likely N-dealkylation sites (N-methyl/N-ethyl adjacent to an activating group) is 1. The van der Waals surface area contributed by atoms with Crippen LogP contribution in [-0.4, -0.2) is 27.5 Å². The van der Waals surface area contributed by atoms with Gasteiger partial charge in [-0.15, -0.1) is 0 Å². The third-order valence-corrected chi connectivity index (χ3v) is 5.55. The Morgan fingerprint density at radius 3 is 2.84 bits per heavy atom. The van der Waals surface area contributed by atoms with Gasteiger partial charge in [0.2, 0.25) is 0 Å². The highest BCUT2D eigenvalue weighted by Gasteiger charge is 2.28. The second kappa shape index (κ2) is 6.26. The van der Waals surface area contributed by atoms with E-state index in [-0.39, 0.29) is 5.82 Å². The average molecular weight is 337 g/mol. The van der Waals surface area contributed by atoms with Crippen molar-refractivity contribution in [3.63, 3.8) is 0 Å². The zero-order valence-corrected chi connectivity index (χ0v) is 15.1. The lowest BCUT2D eigenvalue weighted by molar-refractivity contribution is 0.228. The smallest absolute Gasteiger partial charge is 0.147 e. The van der Waals surface area contributed by atoms with Crippen molar-refractivity contribution in [3.05, 3.63) is 64.9 Å². The number of hydrogen-bond donors (Lipinski definition) is 0. The van der Waals surface area contributed by atoms with Crippen molar-refractivity contribution in [2.24, 2.45) is 0 Å². The maximum Gasteiger partial charge on any atom is 0.147 e. The van der Waals surface area contributed by atoms with Gasteiger partial charge >= 0.3 is 0 Å². The molecule has 0 saturated carbocycles. The van der Waals surface area contributed by atoms with E-state index in [1.807, 2.05) is 30.5 Å². The van der Waals surface area contributed by atoms with E-state index in [9.17, 15) is 4.39 Å². The summed E-state index contributed by atoms with van der Waals surface area (Å²) in [7, 11) is 2.15. The molecule has 0 amide bonds. The molecule has 130 valence electrons. The molecular formula is C21H24FN3. The molecule has 0 N–H and O–H groups in total. The molecule has 25 heavy (non-hydrogen) atoms. The molecule has 1 aromatic carbocycles. The lowest BCUT2D eigenvalue weighted by Gasteiger charge is -2.31. The number of fused-ring (bicyclic) bond motifs is 3. The van der Waals surface area contributed by atoms with E-state index < -0.39 is 0 Å². The maximum atomic E-state index is 14.8. The highest BCUT2D eigenvalue weighted by Crippen LogP contribution is 2.35. The molecule has 0 aliphatic carbocycles. The van der Waals surface area contributed by atoms with Gasteiger partial charge in [0.05, 0.1) is 5.52 Å². The highest BCUT2D eigenvalue weighted by atomic mass is 19.1. The minimum atomic E-state index is -0.119. The number of nitrogens with zero attached hydrogens (tertiary/aromatic N) is 3. The van der Waals surface area contributed by atoms with Gasteiger partial charge < -0.3 is 4.57 Å². The van der Waals surface area contributed by atoms with Crippen molar-refractivity contribution >= 4 is 10.9 Å². The Hall–Kier alpha value is -2.20. The zero-order valence-electron chi connectivity index (χ0n) is 15.1. The summed E-state index contributed by atoms with van der Waals surface area (Å²) in [5.41, 5.74) is 5.57. The molecule has 1 unspecified atom stereocenters. The summed E-state index contributed by atoms with van der Waals surface area (Å²) < 4.78 is 17.0. The molecule has 1 atom stereocenters. The quantitative estimate of drug-likeness (QED) is 0.717. The monoisotopic (exact) mass is 337 g/mol. The number of aromatic nitrogens is 2. The molecule has 0 bridgehead atoms. The third-order valence-electron chi connectivity index (χ3n) is 5.55. The second-order valence-corrected chi connectivity index (χ2v) is 7.20. The van der Waals surface area contributed by atoms with Crippen LogP contribution in [0.3, 0.4) is 0 Å². The topological polar surface area (TPSA) is 21.1 Å². The lowest BCUT2D eigenvalue weighted by Crippen LogP contribution is -2.35. The zero-order chi connectivity index (χ0) is 17.6. The van der Waals surface area contributed by atoms with Crippen LogP contribution in [0.2, 0.25) is 0 Å². The number of hydrogen-bond acceptors (Lipinski definition) is 2. The fourth-order valence-electron chi connectivity index (χ4n) is 4.02. The molecule has 4 heteroatoms. The summed E-state index contributed by atoms with van der Waals surface area (Å²) in [5.74, 6) is -0.119. The van der Waals surface area contributed by atoms with Crippen LogP contribution in [-0.2, 0) is 25.9 Å². The average Bonchev–Trinajstić information content (AvgIpc) is 2.92. The largest absolute Gasteiger partial charge is 0.341 e. The normalized spacial score (nSPS) is 17.8. The van der Waals surface area contributed by atoms with Crippen LogP contribution < -0.4 is 0 Å². The third kappa shape index (κ3) is 2.74. The van der Waals surface area contributed by atoms with Gasteiger partial charge in [-0.3, -0.25) is 9.88 Å². The van der Waals surface area contributed by atoms with E-state index in [4.69, 9.17) is 0 Å². The van der Waals surface area contributed by atoms with E-state index in [2.05, 4.69) is 35.3 Å². The van der Waals surface area contributed by atoms with Gasteiger partial charge in [-0.2, -0.15) is 0 Å². The Balaban J connectivity index is 1.85. The molecule has 2 aromatic heterocycles. The van der Waals surface area contributed by atoms with Crippen LogP contribution in [0.5, 0.6) is 0 Å². The Kier molecular flexibility index (Phi) is 4.08. The predicted molar refractivity (Wildman–Crippen MR) is 99.2 cm³/mol. The Morgan fingerprint density at radius 2 is 2.08 bits per heavy atom. The molecule has 1 aliphatic rings. The first-order valence-electron chi connectivity index (χ1n) is 8.95. The standard InChI is InChI=1S/C21H24FN3/c1-14-7-8-18(22)21-20(14)17-13-24(3)15(2)12-19(17)25(21)11-9-16-6-4-5-10-23-16/h4-8,10,15H,9,11-13H2,1-3H3. The number of aryl methyl sites for hydroxylation is 3. The fraction of sp³-hybridized carbons (Fsp3) is 0.381. The summed E-state index contributed by atoms with van der Waals surface area (Å²) in [6.45, 7) is 5.98. The molecule has 0 radical (unpaired) electrons. The molecule has 0 saturated heterocycles. The van der Waals surface area contributed by atoms with E-state index in [1.54, 1.807) is 6.07 Å². The summed E-state index contributed by atoms with van der Waals surface area (Å²) in [5, 5.41) is 1.11. The Morgan fingerprint density at radius 1 is 1.24 bits per heavy atom. The highest BCUT2D eigenvalue weighted by molar-refractivity contribution is 5.89. The van der Waals surface area contributed by atoms with Crippen LogP contribution in [0, 0.1) is 12.7 Å². The van der Waals surface area contributed by atoms with E-state index in [1.165, 1.54) is 11.3 Å². The first kappa shape index (κ1) is 16.3.